The molecule has 2 rings (SSSR count). The fourth-order valence-electron chi connectivity index (χ4n) is 3.64. The molecule has 170 valence electrons. The highest BCUT2D eigenvalue weighted by Crippen LogP contribution is 2.37. The molecule has 0 aliphatic rings. The molecule has 0 radical (unpaired) electrons. The molecule has 1 atom stereocenters. The highest BCUT2D eigenvalue weighted by atomic mass is 28.4. The van der Waals surface area contributed by atoms with Gasteiger partial charge in [0.2, 0.25) is 0 Å². The number of nitrogens with one attached hydrogen (secondary N) is 1. The second-order valence-corrected chi connectivity index (χ2v) is 14.5. The summed E-state index contributed by atoms with van der Waals surface area (Å²) < 4.78 is 27.3. The smallest absolute Gasteiger partial charge is 0.407 e. The number of halogens is 1. The number of amides is 1. The predicted octanol–water partition coefficient (Wildman–Crippen LogP) is 4.82. The lowest BCUT2D eigenvalue weighted by Gasteiger charge is -2.44. The molecule has 0 aliphatic heterocycles. The van der Waals surface area contributed by atoms with Crippen molar-refractivity contribution in [2.45, 2.75) is 64.8 Å². The Morgan fingerprint density at radius 3 is 1.71 bits per heavy atom. The van der Waals surface area contributed by atoms with Gasteiger partial charge in [0, 0.05) is 0 Å². The van der Waals surface area contributed by atoms with Crippen LogP contribution in [0.5, 0.6) is 0 Å². The average Bonchev–Trinajstić information content (AvgIpc) is 2.66. The van der Waals surface area contributed by atoms with Crippen molar-refractivity contribution in [2.75, 3.05) is 13.2 Å². The van der Waals surface area contributed by atoms with Gasteiger partial charge in [-0.05, 0) is 43.1 Å². The van der Waals surface area contributed by atoms with Crippen molar-refractivity contribution in [1.82, 2.24) is 5.32 Å². The Morgan fingerprint density at radius 1 is 0.871 bits per heavy atom. The number of carbonyl (C=O) groups is 1. The number of hydrogen-bond donors (Lipinski definition) is 1. The SMILES string of the molecule is CC(F)(CNC(=O)OC(C)(C)C)CO[Si](c1ccccc1)(c1ccccc1)C(C)(C)C. The molecule has 4 nitrogen and oxygen atoms in total. The molecule has 0 aromatic heterocycles. The Bertz CT molecular complexity index is 803. The van der Waals surface area contributed by atoms with Gasteiger partial charge >= 0.3 is 6.09 Å². The molecule has 0 heterocycles. The monoisotopic (exact) mass is 445 g/mol. The second-order valence-electron chi connectivity index (χ2n) is 10.2. The maximum atomic E-state index is 15.5. The van der Waals surface area contributed by atoms with E-state index in [0.717, 1.165) is 10.4 Å². The van der Waals surface area contributed by atoms with E-state index < -0.39 is 25.7 Å². The quantitative estimate of drug-likeness (QED) is 0.622. The molecule has 2 aromatic carbocycles. The summed E-state index contributed by atoms with van der Waals surface area (Å²) in [7, 11) is -2.84. The van der Waals surface area contributed by atoms with Gasteiger partial charge in [-0.2, -0.15) is 0 Å². The van der Waals surface area contributed by atoms with Crippen molar-refractivity contribution in [3.05, 3.63) is 60.7 Å². The van der Waals surface area contributed by atoms with Gasteiger partial charge in [0.25, 0.3) is 8.32 Å². The fraction of sp³-hybridized carbons (Fsp3) is 0.480. The largest absolute Gasteiger partial charge is 0.444 e. The second kappa shape index (κ2) is 9.53. The summed E-state index contributed by atoms with van der Waals surface area (Å²) in [6.07, 6.45) is -0.637. The Labute approximate surface area is 187 Å². The molecule has 2 aromatic rings. The van der Waals surface area contributed by atoms with E-state index in [1.165, 1.54) is 6.92 Å². The Hall–Kier alpha value is -2.18. The van der Waals surface area contributed by atoms with Crippen LogP contribution in [0.3, 0.4) is 0 Å². The van der Waals surface area contributed by atoms with Gasteiger partial charge in [-0.15, -0.1) is 0 Å². The molecule has 1 N–H and O–H groups in total. The van der Waals surface area contributed by atoms with Crippen LogP contribution in [-0.4, -0.2) is 38.8 Å². The standard InChI is InChI=1S/C25H36FNO3Si/c1-23(2,3)30-22(28)27-18-25(7,26)19-29-31(24(4,5)6,20-14-10-8-11-15-20)21-16-12-9-13-17-21/h8-17H,18-19H2,1-7H3,(H,27,28). The van der Waals surface area contributed by atoms with E-state index >= 15 is 4.39 Å². The highest BCUT2D eigenvalue weighted by molar-refractivity contribution is 6.99. The van der Waals surface area contributed by atoms with Gasteiger partial charge in [0.15, 0.2) is 0 Å². The summed E-state index contributed by atoms with van der Waals surface area (Å²) in [5.41, 5.74) is -2.40. The molecule has 0 spiro atoms. The molecular formula is C25H36FNO3Si. The van der Waals surface area contributed by atoms with Gasteiger partial charge in [-0.25, -0.2) is 9.18 Å². The average molecular weight is 446 g/mol. The lowest BCUT2D eigenvalue weighted by molar-refractivity contribution is 0.0437. The first kappa shape index (κ1) is 25.1. The minimum atomic E-state index is -2.84. The maximum Gasteiger partial charge on any atom is 0.407 e. The molecular weight excluding hydrogens is 409 g/mol. The lowest BCUT2D eigenvalue weighted by atomic mass is 10.1. The van der Waals surface area contributed by atoms with E-state index in [1.54, 1.807) is 20.8 Å². The summed E-state index contributed by atoms with van der Waals surface area (Å²) in [4.78, 5) is 12.0. The first-order chi connectivity index (χ1) is 14.3. The summed E-state index contributed by atoms with van der Waals surface area (Å²) in [5.74, 6) is 0. The van der Waals surface area contributed by atoms with Gasteiger partial charge in [-0.3, -0.25) is 0 Å². The third-order valence-corrected chi connectivity index (χ3v) is 9.99. The van der Waals surface area contributed by atoms with Crippen LogP contribution in [0.4, 0.5) is 9.18 Å². The zero-order valence-electron chi connectivity index (χ0n) is 19.8. The minimum Gasteiger partial charge on any atom is -0.444 e. The van der Waals surface area contributed by atoms with E-state index in [2.05, 4.69) is 50.4 Å². The van der Waals surface area contributed by atoms with Crippen LogP contribution in [0.15, 0.2) is 60.7 Å². The zero-order chi connectivity index (χ0) is 23.3. The zero-order valence-corrected chi connectivity index (χ0v) is 20.8. The summed E-state index contributed by atoms with van der Waals surface area (Å²) >= 11 is 0. The van der Waals surface area contributed by atoms with Crippen LogP contribution in [0.2, 0.25) is 5.04 Å². The van der Waals surface area contributed by atoms with E-state index in [1.807, 2.05) is 36.4 Å². The number of rotatable bonds is 7. The maximum absolute atomic E-state index is 15.5. The van der Waals surface area contributed by atoms with E-state index in [9.17, 15) is 4.79 Å². The summed E-state index contributed by atoms with van der Waals surface area (Å²) in [5, 5.41) is 4.46. The van der Waals surface area contributed by atoms with Crippen LogP contribution in [-0.2, 0) is 9.16 Å². The molecule has 0 bridgehead atoms. The topological polar surface area (TPSA) is 47.6 Å². The molecule has 0 saturated carbocycles. The van der Waals surface area contributed by atoms with Crippen molar-refractivity contribution < 1.29 is 18.3 Å². The predicted molar refractivity (Wildman–Crippen MR) is 127 cm³/mol. The molecule has 1 amide bonds. The van der Waals surface area contributed by atoms with Crippen molar-refractivity contribution in [2.24, 2.45) is 0 Å². The molecule has 0 fully saturated rings. The lowest BCUT2D eigenvalue weighted by Crippen LogP contribution is -2.67. The minimum absolute atomic E-state index is 0.143. The van der Waals surface area contributed by atoms with Gasteiger partial charge in [0.05, 0.1) is 13.2 Å². The van der Waals surface area contributed by atoms with E-state index in [0.29, 0.717) is 0 Å². The van der Waals surface area contributed by atoms with E-state index in [4.69, 9.17) is 9.16 Å². The Morgan fingerprint density at radius 2 is 1.32 bits per heavy atom. The van der Waals surface area contributed by atoms with Gasteiger partial charge in [-0.1, -0.05) is 81.4 Å². The molecule has 6 heteroatoms. The molecule has 0 aliphatic carbocycles. The number of hydrogen-bond acceptors (Lipinski definition) is 3. The van der Waals surface area contributed by atoms with Crippen molar-refractivity contribution in [3.63, 3.8) is 0 Å². The summed E-state index contributed by atoms with van der Waals surface area (Å²) in [6, 6.07) is 20.2. The highest BCUT2D eigenvalue weighted by Gasteiger charge is 2.51. The first-order valence-corrected chi connectivity index (χ1v) is 12.6. The number of carbonyl (C=O) groups excluding carboxylic acids is 1. The van der Waals surface area contributed by atoms with Gasteiger partial charge in [0.1, 0.15) is 11.3 Å². The van der Waals surface area contributed by atoms with Crippen LogP contribution in [0.25, 0.3) is 0 Å². The van der Waals surface area contributed by atoms with E-state index in [-0.39, 0.29) is 18.2 Å². The van der Waals surface area contributed by atoms with Crippen LogP contribution in [0.1, 0.15) is 48.5 Å². The normalized spacial score (nSPS) is 14.6. The van der Waals surface area contributed by atoms with Crippen LogP contribution < -0.4 is 15.7 Å². The number of ether oxygens (including phenoxy) is 1. The first-order valence-electron chi connectivity index (χ1n) is 10.7. The molecule has 1 unspecified atom stereocenters. The Kier molecular flexibility index (Phi) is 7.71. The number of alkyl carbamates (subject to hydrolysis) is 1. The van der Waals surface area contributed by atoms with Crippen LogP contribution >= 0.6 is 0 Å². The number of alkyl halides is 1. The van der Waals surface area contributed by atoms with Crippen molar-refractivity contribution >= 4 is 24.8 Å². The molecule has 0 saturated heterocycles. The number of benzene rings is 2. The fourth-order valence-corrected chi connectivity index (χ4v) is 8.31. The van der Waals surface area contributed by atoms with Crippen molar-refractivity contribution in [3.8, 4) is 0 Å². The summed E-state index contributed by atoms with van der Waals surface area (Å²) in [6.45, 7) is 12.9. The third-order valence-electron chi connectivity index (χ3n) is 5.01. The van der Waals surface area contributed by atoms with Crippen molar-refractivity contribution in [1.29, 1.82) is 0 Å². The third kappa shape index (κ3) is 6.65. The van der Waals surface area contributed by atoms with Crippen LogP contribution in [0, 0.1) is 0 Å². The van der Waals surface area contributed by atoms with Gasteiger partial charge < -0.3 is 14.5 Å². The molecule has 31 heavy (non-hydrogen) atoms. The Balaban J connectivity index is 2.31.